The zero-order valence-corrected chi connectivity index (χ0v) is 15.2. The number of hydrogen-bond donors (Lipinski definition) is 1. The second-order valence-corrected chi connectivity index (χ2v) is 7.49. The van der Waals surface area contributed by atoms with Gasteiger partial charge in [0.2, 0.25) is 5.89 Å². The monoisotopic (exact) mass is 341 g/mol. The topological polar surface area (TPSA) is 81.2 Å². The molecule has 0 fully saturated rings. The first kappa shape index (κ1) is 17.2. The van der Waals surface area contributed by atoms with Crippen LogP contribution in [0, 0.1) is 0 Å². The van der Waals surface area contributed by atoms with Crippen LogP contribution >= 0.6 is 0 Å². The number of aromatic nitrogens is 2. The summed E-state index contributed by atoms with van der Waals surface area (Å²) in [7, 11) is 0. The summed E-state index contributed by atoms with van der Waals surface area (Å²) in [5.74, 6) is 1.01. The van der Waals surface area contributed by atoms with Crippen molar-refractivity contribution in [3.8, 4) is 0 Å². The molecule has 0 atom stereocenters. The van der Waals surface area contributed by atoms with E-state index in [1.165, 1.54) is 5.56 Å². The third kappa shape index (κ3) is 3.73. The van der Waals surface area contributed by atoms with E-state index in [2.05, 4.69) is 36.2 Å². The second-order valence-electron chi connectivity index (χ2n) is 7.49. The largest absolute Gasteiger partial charge is 0.439 e. The van der Waals surface area contributed by atoms with Crippen LogP contribution < -0.4 is 5.32 Å². The van der Waals surface area contributed by atoms with E-state index in [-0.39, 0.29) is 29.5 Å². The molecule has 6 nitrogen and oxygen atoms in total. The molecule has 2 aromatic heterocycles. The van der Waals surface area contributed by atoms with Crippen LogP contribution in [0.3, 0.4) is 0 Å². The molecule has 0 radical (unpaired) electrons. The number of oxazole rings is 1. The average Bonchev–Trinajstić information content (AvgIpc) is 3.17. The van der Waals surface area contributed by atoms with Gasteiger partial charge in [0.25, 0.3) is 5.91 Å². The van der Waals surface area contributed by atoms with E-state index in [0.717, 1.165) is 5.52 Å². The Balaban J connectivity index is 1.71. The number of carbonyl (C=O) groups is 1. The van der Waals surface area contributed by atoms with E-state index in [9.17, 15) is 4.79 Å². The number of benzene rings is 1. The normalized spacial score (nSPS) is 12.1. The lowest BCUT2D eigenvalue weighted by molar-refractivity contribution is 0.0938. The van der Waals surface area contributed by atoms with Crippen LogP contribution in [0.2, 0.25) is 0 Å². The molecular formula is C19H23N3O3. The molecule has 0 aliphatic heterocycles. The van der Waals surface area contributed by atoms with Crippen LogP contribution in [0.15, 0.2) is 33.2 Å². The van der Waals surface area contributed by atoms with Gasteiger partial charge in [0.1, 0.15) is 11.3 Å². The van der Waals surface area contributed by atoms with Crippen LogP contribution in [0.1, 0.15) is 68.2 Å². The molecule has 0 saturated carbocycles. The summed E-state index contributed by atoms with van der Waals surface area (Å²) in [6, 6.07) is 7.64. The van der Waals surface area contributed by atoms with Gasteiger partial charge in [0, 0.05) is 12.0 Å². The van der Waals surface area contributed by atoms with Gasteiger partial charge in [-0.05, 0) is 23.1 Å². The molecule has 25 heavy (non-hydrogen) atoms. The number of carbonyl (C=O) groups excluding carboxylic acids is 1. The van der Waals surface area contributed by atoms with Crippen molar-refractivity contribution in [2.45, 2.75) is 52.5 Å². The van der Waals surface area contributed by atoms with Gasteiger partial charge < -0.3 is 14.3 Å². The standard InChI is InChI=1S/C19H23N3O3/c1-11(2)16-9-14(22-25-16)18(23)20-10-17-21-13-8-12(19(3,4)5)6-7-15(13)24-17/h6-9,11H,10H2,1-5H3,(H,20,23). The molecule has 0 aliphatic rings. The van der Waals surface area contributed by atoms with Crippen LogP contribution in [-0.2, 0) is 12.0 Å². The minimum Gasteiger partial charge on any atom is -0.439 e. The van der Waals surface area contributed by atoms with Gasteiger partial charge in [0.05, 0.1) is 6.54 Å². The molecule has 1 amide bonds. The molecule has 3 rings (SSSR count). The lowest BCUT2D eigenvalue weighted by atomic mass is 9.87. The van der Waals surface area contributed by atoms with Crippen molar-refractivity contribution in [1.82, 2.24) is 15.5 Å². The number of hydrogen-bond acceptors (Lipinski definition) is 5. The zero-order valence-electron chi connectivity index (χ0n) is 15.2. The van der Waals surface area contributed by atoms with Crippen molar-refractivity contribution in [1.29, 1.82) is 0 Å². The van der Waals surface area contributed by atoms with E-state index in [1.54, 1.807) is 6.07 Å². The minimum absolute atomic E-state index is 0.0442. The summed E-state index contributed by atoms with van der Waals surface area (Å²) in [5.41, 5.74) is 2.99. The minimum atomic E-state index is -0.312. The fourth-order valence-corrected chi connectivity index (χ4v) is 2.43. The molecule has 0 unspecified atom stereocenters. The third-order valence-electron chi connectivity index (χ3n) is 4.03. The smallest absolute Gasteiger partial charge is 0.273 e. The quantitative estimate of drug-likeness (QED) is 0.770. The maximum absolute atomic E-state index is 12.2. The molecule has 2 heterocycles. The van der Waals surface area contributed by atoms with E-state index >= 15 is 0 Å². The van der Waals surface area contributed by atoms with Crippen molar-refractivity contribution in [2.75, 3.05) is 0 Å². The van der Waals surface area contributed by atoms with Crippen molar-refractivity contribution in [3.63, 3.8) is 0 Å². The van der Waals surface area contributed by atoms with Crippen LogP contribution in [0.4, 0.5) is 0 Å². The number of amides is 1. The predicted molar refractivity (Wildman–Crippen MR) is 94.5 cm³/mol. The Kier molecular flexibility index (Phi) is 4.37. The maximum atomic E-state index is 12.2. The summed E-state index contributed by atoms with van der Waals surface area (Å²) in [5, 5.41) is 6.55. The molecule has 0 bridgehead atoms. The predicted octanol–water partition coefficient (Wildman–Crippen LogP) is 4.17. The highest BCUT2D eigenvalue weighted by molar-refractivity contribution is 5.92. The van der Waals surface area contributed by atoms with Gasteiger partial charge in [0.15, 0.2) is 11.3 Å². The Morgan fingerprint density at radius 1 is 1.24 bits per heavy atom. The number of rotatable bonds is 4. The van der Waals surface area contributed by atoms with Crippen molar-refractivity contribution in [2.24, 2.45) is 0 Å². The molecule has 0 spiro atoms. The highest BCUT2D eigenvalue weighted by atomic mass is 16.5. The van der Waals surface area contributed by atoms with Crippen LogP contribution in [-0.4, -0.2) is 16.0 Å². The first-order chi connectivity index (χ1) is 11.7. The Morgan fingerprint density at radius 2 is 2.00 bits per heavy atom. The van der Waals surface area contributed by atoms with Gasteiger partial charge in [-0.15, -0.1) is 0 Å². The molecule has 0 saturated heterocycles. The fourth-order valence-electron chi connectivity index (χ4n) is 2.43. The summed E-state index contributed by atoms with van der Waals surface area (Å²) in [6.45, 7) is 10.6. The van der Waals surface area contributed by atoms with Gasteiger partial charge in [-0.3, -0.25) is 4.79 Å². The van der Waals surface area contributed by atoms with E-state index in [0.29, 0.717) is 17.2 Å². The third-order valence-corrected chi connectivity index (χ3v) is 4.03. The summed E-state index contributed by atoms with van der Waals surface area (Å²) in [6.07, 6.45) is 0. The molecule has 132 valence electrons. The summed E-state index contributed by atoms with van der Waals surface area (Å²) >= 11 is 0. The number of nitrogens with zero attached hydrogens (tertiary/aromatic N) is 2. The average molecular weight is 341 g/mol. The molecule has 0 aliphatic carbocycles. The van der Waals surface area contributed by atoms with E-state index in [4.69, 9.17) is 8.94 Å². The van der Waals surface area contributed by atoms with Gasteiger partial charge >= 0.3 is 0 Å². The van der Waals surface area contributed by atoms with Crippen LogP contribution in [0.25, 0.3) is 11.1 Å². The van der Waals surface area contributed by atoms with Crippen molar-refractivity contribution < 1.29 is 13.7 Å². The van der Waals surface area contributed by atoms with Crippen LogP contribution in [0.5, 0.6) is 0 Å². The lowest BCUT2D eigenvalue weighted by Crippen LogP contribution is -2.23. The van der Waals surface area contributed by atoms with Crippen molar-refractivity contribution >= 4 is 17.0 Å². The molecule has 1 N–H and O–H groups in total. The molecule has 1 aromatic carbocycles. The fraction of sp³-hybridized carbons (Fsp3) is 0.421. The second kappa shape index (κ2) is 6.35. The Labute approximate surface area is 146 Å². The highest BCUT2D eigenvalue weighted by Crippen LogP contribution is 2.26. The van der Waals surface area contributed by atoms with Crippen molar-refractivity contribution in [3.05, 3.63) is 47.2 Å². The highest BCUT2D eigenvalue weighted by Gasteiger charge is 2.17. The summed E-state index contributed by atoms with van der Waals surface area (Å²) < 4.78 is 10.8. The Hall–Kier alpha value is -2.63. The van der Waals surface area contributed by atoms with E-state index < -0.39 is 0 Å². The number of nitrogens with one attached hydrogen (secondary N) is 1. The Morgan fingerprint density at radius 3 is 2.64 bits per heavy atom. The molecule has 3 aromatic rings. The zero-order chi connectivity index (χ0) is 18.2. The molecule has 6 heteroatoms. The maximum Gasteiger partial charge on any atom is 0.273 e. The van der Waals surface area contributed by atoms with Gasteiger partial charge in [-0.25, -0.2) is 4.98 Å². The summed E-state index contributed by atoms with van der Waals surface area (Å²) in [4.78, 5) is 16.6. The Bertz CT molecular complexity index is 900. The first-order valence-electron chi connectivity index (χ1n) is 8.39. The van der Waals surface area contributed by atoms with E-state index in [1.807, 2.05) is 32.0 Å². The molecular weight excluding hydrogens is 318 g/mol. The van der Waals surface area contributed by atoms with Gasteiger partial charge in [-0.2, -0.15) is 0 Å². The first-order valence-corrected chi connectivity index (χ1v) is 8.39. The number of fused-ring (bicyclic) bond motifs is 1. The lowest BCUT2D eigenvalue weighted by Gasteiger charge is -2.18. The SMILES string of the molecule is CC(C)c1cc(C(=O)NCc2nc3cc(C(C)(C)C)ccc3o2)no1. The van der Waals surface area contributed by atoms with Gasteiger partial charge in [-0.1, -0.05) is 45.8 Å².